The van der Waals surface area contributed by atoms with Crippen molar-refractivity contribution in [2.75, 3.05) is 12.6 Å². The number of halogens is 3. The van der Waals surface area contributed by atoms with Crippen LogP contribution in [0, 0.1) is 17.8 Å². The Hall–Kier alpha value is -2.95. The van der Waals surface area contributed by atoms with Crippen LogP contribution >= 0.6 is 39.1 Å². The number of aromatic hydroxyl groups is 1. The SMILES string of the molecule is COC(=O)N1C(=O)[C@H]2[C@H](CC=C3[C@H]2C[C@@]2(Cl)C(=O)N(CBr)C(=O)[C@@]2(Cl)[C@H]3c2ccc3ccccc3c2O)C1=O. The third-order valence-electron chi connectivity index (χ3n) is 8.61. The van der Waals surface area contributed by atoms with Crippen molar-refractivity contribution in [1.82, 2.24) is 9.80 Å². The first-order valence-corrected chi connectivity index (χ1v) is 14.1. The smallest absolute Gasteiger partial charge is 0.423 e. The van der Waals surface area contributed by atoms with Crippen molar-refractivity contribution in [3.05, 3.63) is 53.6 Å². The van der Waals surface area contributed by atoms with Crippen molar-refractivity contribution < 1.29 is 33.8 Å². The summed E-state index contributed by atoms with van der Waals surface area (Å²) in [4.78, 5) is 63.8. The van der Waals surface area contributed by atoms with Crippen molar-refractivity contribution >= 4 is 79.6 Å². The maximum absolute atomic E-state index is 13.8. The predicted molar refractivity (Wildman–Crippen MR) is 143 cm³/mol. The van der Waals surface area contributed by atoms with Gasteiger partial charge in [-0.3, -0.25) is 24.1 Å². The van der Waals surface area contributed by atoms with Gasteiger partial charge in [0, 0.05) is 16.9 Å². The van der Waals surface area contributed by atoms with Gasteiger partial charge in [0.25, 0.3) is 11.8 Å². The molecule has 2 aromatic carbocycles. The first-order chi connectivity index (χ1) is 18.5. The monoisotopic (exact) mass is 634 g/mol. The molecule has 2 heterocycles. The molecule has 3 fully saturated rings. The molecule has 2 saturated heterocycles. The maximum atomic E-state index is 13.8. The van der Waals surface area contributed by atoms with Crippen LogP contribution in [0.2, 0.25) is 0 Å². The fourth-order valence-electron chi connectivity index (χ4n) is 6.87. The number of benzene rings is 2. The molecule has 1 saturated carbocycles. The molecule has 39 heavy (non-hydrogen) atoms. The molecule has 2 aliphatic carbocycles. The van der Waals surface area contributed by atoms with Gasteiger partial charge in [-0.25, -0.2) is 4.79 Å². The summed E-state index contributed by atoms with van der Waals surface area (Å²) in [5.74, 6) is -6.90. The molecule has 0 aromatic heterocycles. The van der Waals surface area contributed by atoms with E-state index in [0.29, 0.717) is 15.9 Å². The number of hydrogen-bond donors (Lipinski definition) is 1. The standard InChI is InChI=1S/C27H21BrCl2N2O7/c1-39-25(38)32-21(34)15-9-8-14-17(18(15)22(32)35)10-26(29)23(36)31(11-28)24(37)27(26,30)19(14)16-7-6-12-4-2-3-5-13(12)20(16)33/h2-8,15,17-19,33H,9-11H2,1H3/t15-,17+,18-,19+,26+,27-/m0/s1. The van der Waals surface area contributed by atoms with E-state index >= 15 is 0 Å². The van der Waals surface area contributed by atoms with Crippen LogP contribution in [0.3, 0.4) is 0 Å². The van der Waals surface area contributed by atoms with Crippen molar-refractivity contribution in [1.29, 1.82) is 0 Å². The summed E-state index contributed by atoms with van der Waals surface area (Å²) in [6, 6.07) is 10.5. The highest BCUT2D eigenvalue weighted by Crippen LogP contribution is 2.66. The zero-order valence-electron chi connectivity index (χ0n) is 20.4. The second-order valence-corrected chi connectivity index (χ2v) is 11.9. The van der Waals surface area contributed by atoms with Gasteiger partial charge in [-0.1, -0.05) is 64.0 Å². The van der Waals surface area contributed by atoms with E-state index in [2.05, 4.69) is 20.7 Å². The number of rotatable bonds is 2. The highest BCUT2D eigenvalue weighted by atomic mass is 79.9. The zero-order chi connectivity index (χ0) is 28.0. The quantitative estimate of drug-likeness (QED) is 0.229. The molecule has 0 unspecified atom stereocenters. The van der Waals surface area contributed by atoms with Crippen LogP contribution in [0.15, 0.2) is 48.0 Å². The number of amides is 5. The van der Waals surface area contributed by atoms with Crippen LogP contribution in [-0.4, -0.2) is 66.9 Å². The molecule has 6 atom stereocenters. The van der Waals surface area contributed by atoms with E-state index < -0.39 is 63.1 Å². The average Bonchev–Trinajstić information content (AvgIpc) is 3.27. The number of ether oxygens (including phenoxy) is 1. The third kappa shape index (κ3) is 3.16. The van der Waals surface area contributed by atoms with Gasteiger partial charge in [0.1, 0.15) is 5.75 Å². The molecular formula is C27H21BrCl2N2O7. The summed E-state index contributed by atoms with van der Waals surface area (Å²) >= 11 is 17.5. The number of alkyl halides is 3. The van der Waals surface area contributed by atoms with Crippen molar-refractivity contribution in [3.8, 4) is 5.75 Å². The number of carbonyl (C=O) groups is 5. The van der Waals surface area contributed by atoms with E-state index in [-0.39, 0.29) is 29.6 Å². The molecule has 202 valence electrons. The molecule has 9 nitrogen and oxygen atoms in total. The van der Waals surface area contributed by atoms with Crippen LogP contribution < -0.4 is 0 Å². The Morgan fingerprint density at radius 2 is 1.79 bits per heavy atom. The largest absolute Gasteiger partial charge is 0.507 e. The van der Waals surface area contributed by atoms with Crippen LogP contribution in [0.1, 0.15) is 24.3 Å². The molecule has 12 heteroatoms. The van der Waals surface area contributed by atoms with E-state index in [1.165, 1.54) is 0 Å². The minimum Gasteiger partial charge on any atom is -0.507 e. The fraction of sp³-hybridized carbons (Fsp3) is 0.370. The summed E-state index contributed by atoms with van der Waals surface area (Å²) in [6.07, 6.45) is 0.501. The van der Waals surface area contributed by atoms with E-state index in [9.17, 15) is 29.1 Å². The van der Waals surface area contributed by atoms with Gasteiger partial charge in [0.2, 0.25) is 11.8 Å². The Morgan fingerprint density at radius 3 is 2.49 bits per heavy atom. The van der Waals surface area contributed by atoms with Gasteiger partial charge in [-0.05, 0) is 24.1 Å². The lowest BCUT2D eigenvalue weighted by Gasteiger charge is -2.50. The summed E-state index contributed by atoms with van der Waals surface area (Å²) < 4.78 is 4.67. The number of likely N-dealkylation sites (tertiary alicyclic amines) is 2. The van der Waals surface area contributed by atoms with Crippen molar-refractivity contribution in [3.63, 3.8) is 0 Å². The second kappa shape index (κ2) is 8.78. The number of phenolic OH excluding ortho intramolecular Hbond substituents is 1. The number of hydrogen-bond acceptors (Lipinski definition) is 7. The molecule has 4 aliphatic rings. The number of methoxy groups -OCH3 is 1. The minimum absolute atomic E-state index is 0.0892. The van der Waals surface area contributed by atoms with Gasteiger partial charge in [0.05, 0.1) is 24.4 Å². The van der Waals surface area contributed by atoms with E-state index in [1.807, 2.05) is 12.1 Å². The van der Waals surface area contributed by atoms with Gasteiger partial charge >= 0.3 is 6.09 Å². The highest BCUT2D eigenvalue weighted by Gasteiger charge is 2.76. The minimum atomic E-state index is -2.04. The third-order valence-corrected chi connectivity index (χ3v) is 10.5. The van der Waals surface area contributed by atoms with Gasteiger partial charge in [0.15, 0.2) is 9.75 Å². The first kappa shape index (κ1) is 26.3. The highest BCUT2D eigenvalue weighted by molar-refractivity contribution is 9.09. The summed E-state index contributed by atoms with van der Waals surface area (Å²) in [7, 11) is 1.07. The Morgan fingerprint density at radius 1 is 1.08 bits per heavy atom. The number of fused-ring (bicyclic) bond motifs is 5. The van der Waals surface area contributed by atoms with Gasteiger partial charge in [-0.2, -0.15) is 4.90 Å². The number of allylic oxidation sites excluding steroid dienone is 2. The molecule has 6 rings (SSSR count). The Bertz CT molecular complexity index is 1550. The van der Waals surface area contributed by atoms with Crippen molar-refractivity contribution in [2.45, 2.75) is 28.5 Å². The lowest BCUT2D eigenvalue weighted by molar-refractivity contribution is -0.140. The molecular weight excluding hydrogens is 615 g/mol. The van der Waals surface area contributed by atoms with Crippen LogP contribution in [0.25, 0.3) is 10.8 Å². The topological polar surface area (TPSA) is 121 Å². The van der Waals surface area contributed by atoms with Crippen LogP contribution in [-0.2, 0) is 23.9 Å². The zero-order valence-corrected chi connectivity index (χ0v) is 23.5. The number of phenols is 1. The second-order valence-electron chi connectivity index (χ2n) is 10.2. The van der Waals surface area contributed by atoms with Crippen LogP contribution in [0.4, 0.5) is 4.79 Å². The molecule has 0 bridgehead atoms. The van der Waals surface area contributed by atoms with E-state index in [1.54, 1.807) is 30.3 Å². The molecule has 1 N–H and O–H groups in total. The Kier molecular flexibility index (Phi) is 5.91. The molecule has 0 radical (unpaired) electrons. The van der Waals surface area contributed by atoms with E-state index in [4.69, 9.17) is 23.2 Å². The molecule has 0 spiro atoms. The maximum Gasteiger partial charge on any atom is 0.423 e. The number of carbonyl (C=O) groups excluding carboxylic acids is 5. The number of imide groups is 4. The summed E-state index contributed by atoms with van der Waals surface area (Å²) in [5, 5.41) is 12.7. The first-order valence-electron chi connectivity index (χ1n) is 12.2. The average molecular weight is 636 g/mol. The van der Waals surface area contributed by atoms with Gasteiger partial charge < -0.3 is 9.84 Å². The lowest BCUT2D eigenvalue weighted by atomic mass is 9.56. The fourth-order valence-corrected chi connectivity index (χ4v) is 8.29. The Labute approximate surface area is 240 Å². The van der Waals surface area contributed by atoms with Crippen LogP contribution in [0.5, 0.6) is 5.75 Å². The molecule has 5 amide bonds. The summed E-state index contributed by atoms with van der Waals surface area (Å²) in [6.45, 7) is 0. The summed E-state index contributed by atoms with van der Waals surface area (Å²) in [5.41, 5.74) is 0.619. The Balaban J connectivity index is 1.59. The van der Waals surface area contributed by atoms with E-state index in [0.717, 1.165) is 17.4 Å². The normalized spacial score (nSPS) is 33.7. The van der Waals surface area contributed by atoms with Crippen molar-refractivity contribution in [2.24, 2.45) is 17.8 Å². The lowest BCUT2D eigenvalue weighted by Crippen LogP contribution is -2.60. The predicted octanol–water partition coefficient (Wildman–Crippen LogP) is 4.02. The molecule has 2 aromatic rings. The molecule has 2 aliphatic heterocycles. The van der Waals surface area contributed by atoms with Gasteiger partial charge in [-0.15, -0.1) is 23.2 Å². The number of nitrogens with zero attached hydrogens (tertiary/aromatic N) is 2.